The van der Waals surface area contributed by atoms with E-state index in [4.69, 9.17) is 0 Å². The Morgan fingerprint density at radius 1 is 1.24 bits per heavy atom. The first-order chi connectivity index (χ1) is 15.7. The molecule has 9 nitrogen and oxygen atoms in total. The predicted molar refractivity (Wildman–Crippen MR) is 128 cm³/mol. The largest absolute Gasteiger partial charge is 0.508 e. The molecule has 2 aromatic heterocycles. The second-order valence-electron chi connectivity index (χ2n) is 8.45. The lowest BCUT2D eigenvalue weighted by molar-refractivity contribution is -0.132. The molecule has 1 aliphatic rings. The molecule has 1 atom stereocenters. The molecule has 2 amide bonds. The third-order valence-electron chi connectivity index (χ3n) is 5.95. The van der Waals surface area contributed by atoms with Crippen molar-refractivity contribution in [2.24, 2.45) is 0 Å². The Hall–Kier alpha value is -3.40. The van der Waals surface area contributed by atoms with Crippen LogP contribution in [0.25, 0.3) is 0 Å². The maximum absolute atomic E-state index is 12.7. The van der Waals surface area contributed by atoms with E-state index in [9.17, 15) is 14.7 Å². The van der Waals surface area contributed by atoms with Gasteiger partial charge in [0.25, 0.3) is 5.91 Å². The van der Waals surface area contributed by atoms with E-state index < -0.39 is 0 Å². The number of benzene rings is 1. The zero-order valence-corrected chi connectivity index (χ0v) is 20.0. The van der Waals surface area contributed by atoms with Crippen LogP contribution in [0.5, 0.6) is 5.75 Å². The number of nitrogens with one attached hydrogen (secondary N) is 2. The van der Waals surface area contributed by atoms with Crippen LogP contribution in [-0.4, -0.2) is 49.2 Å². The first kappa shape index (κ1) is 22.8. The zero-order chi connectivity index (χ0) is 23.7. The van der Waals surface area contributed by atoms with Gasteiger partial charge in [-0.15, -0.1) is 0 Å². The van der Waals surface area contributed by atoms with Crippen LogP contribution in [0.3, 0.4) is 0 Å². The highest BCUT2D eigenvalue weighted by Gasteiger charge is 2.25. The number of carbonyl (C=O) groups is 2. The van der Waals surface area contributed by atoms with Crippen LogP contribution in [0, 0.1) is 20.8 Å². The average molecular weight is 469 g/mol. The van der Waals surface area contributed by atoms with Crippen LogP contribution in [0.4, 0.5) is 16.6 Å². The number of hydrogen-bond acceptors (Lipinski definition) is 7. The number of rotatable bonds is 6. The van der Waals surface area contributed by atoms with Gasteiger partial charge in [0, 0.05) is 29.9 Å². The molecule has 0 aliphatic carbocycles. The highest BCUT2D eigenvalue weighted by atomic mass is 32.1. The third kappa shape index (κ3) is 4.85. The molecule has 0 bridgehead atoms. The zero-order valence-electron chi connectivity index (χ0n) is 19.2. The lowest BCUT2D eigenvalue weighted by Crippen LogP contribution is -2.36. The minimum absolute atomic E-state index is 0.0693. The summed E-state index contributed by atoms with van der Waals surface area (Å²) < 4.78 is 1.64. The maximum Gasteiger partial charge on any atom is 0.267 e. The second-order valence-corrected chi connectivity index (χ2v) is 9.48. The summed E-state index contributed by atoms with van der Waals surface area (Å²) in [5.41, 5.74) is 2.95. The first-order valence-corrected chi connectivity index (χ1v) is 11.7. The van der Waals surface area contributed by atoms with Crippen molar-refractivity contribution in [3.8, 4) is 5.75 Å². The molecular formula is C23H28N6O3S. The Morgan fingerprint density at radius 2 is 2.03 bits per heavy atom. The van der Waals surface area contributed by atoms with Crippen LogP contribution >= 0.6 is 11.3 Å². The van der Waals surface area contributed by atoms with Gasteiger partial charge in [-0.1, -0.05) is 17.4 Å². The van der Waals surface area contributed by atoms with Gasteiger partial charge in [0.05, 0.1) is 11.9 Å². The fourth-order valence-electron chi connectivity index (χ4n) is 4.00. The molecule has 1 aliphatic heterocycles. The van der Waals surface area contributed by atoms with Gasteiger partial charge in [-0.2, -0.15) is 5.10 Å². The topological polar surface area (TPSA) is 112 Å². The van der Waals surface area contributed by atoms with Crippen molar-refractivity contribution in [1.29, 1.82) is 0 Å². The summed E-state index contributed by atoms with van der Waals surface area (Å²) in [5.74, 6) is 0.495. The molecule has 0 spiro atoms. The summed E-state index contributed by atoms with van der Waals surface area (Å²) in [6, 6.07) is 3.64. The number of phenols is 1. The number of hydrogen-bond donors (Lipinski definition) is 3. The minimum atomic E-state index is -0.301. The molecular weight excluding hydrogens is 440 g/mol. The Balaban J connectivity index is 1.42. The molecule has 33 heavy (non-hydrogen) atoms. The smallest absolute Gasteiger partial charge is 0.267 e. The van der Waals surface area contributed by atoms with Crippen LogP contribution < -0.4 is 10.6 Å². The molecule has 1 aromatic carbocycles. The lowest BCUT2D eigenvalue weighted by Gasteiger charge is -2.21. The van der Waals surface area contributed by atoms with E-state index in [-0.39, 0.29) is 30.2 Å². The van der Waals surface area contributed by atoms with E-state index in [0.717, 1.165) is 30.5 Å². The third-order valence-corrected chi connectivity index (χ3v) is 6.86. The number of thiazole rings is 1. The number of likely N-dealkylation sites (tertiary alicyclic amines) is 1. The molecule has 3 aromatic rings. The number of phenolic OH excluding ortho intramolecular Hbond substituents is 1. The number of anilines is 3. The molecule has 0 saturated carbocycles. The summed E-state index contributed by atoms with van der Waals surface area (Å²) in [6.45, 7) is 8.61. The van der Waals surface area contributed by atoms with Crippen molar-refractivity contribution in [1.82, 2.24) is 19.7 Å². The number of aromatic nitrogens is 3. The van der Waals surface area contributed by atoms with Gasteiger partial charge in [-0.25, -0.2) is 4.98 Å². The minimum Gasteiger partial charge on any atom is -0.508 e. The molecule has 3 N–H and O–H groups in total. The van der Waals surface area contributed by atoms with E-state index in [1.165, 1.54) is 17.5 Å². The Morgan fingerprint density at radius 3 is 2.76 bits per heavy atom. The van der Waals surface area contributed by atoms with Crippen LogP contribution in [0.15, 0.2) is 24.5 Å². The SMILES string of the molecule is Cc1cn(CC(=O)N2CCCC2C)nc1Nc1ncc(C(=O)Nc2c(C)ccc(O)c2C)s1. The standard InChI is InChI=1S/C23H28N6O3S/c1-13-7-8-17(30)16(4)20(13)25-22(32)18-10-24-23(33-18)26-21-14(2)11-28(27-21)12-19(31)29-9-5-6-15(29)3/h7-8,10-11,15,30H,5-6,9,12H2,1-4H3,(H,25,32)(H,24,26,27). The monoisotopic (exact) mass is 468 g/mol. The van der Waals surface area contributed by atoms with Gasteiger partial charge in [-0.05, 0) is 52.2 Å². The fraction of sp³-hybridized carbons (Fsp3) is 0.391. The first-order valence-electron chi connectivity index (χ1n) is 10.9. The number of aryl methyl sites for hydroxylation is 2. The van der Waals surface area contributed by atoms with E-state index in [0.29, 0.717) is 27.1 Å². The highest BCUT2D eigenvalue weighted by Crippen LogP contribution is 2.30. The molecule has 10 heteroatoms. The summed E-state index contributed by atoms with van der Waals surface area (Å²) in [5, 5.41) is 21.0. The molecule has 1 fully saturated rings. The molecule has 174 valence electrons. The van der Waals surface area contributed by atoms with Crippen molar-refractivity contribution in [3.63, 3.8) is 0 Å². The average Bonchev–Trinajstić information content (AvgIpc) is 3.49. The number of nitrogens with zero attached hydrogens (tertiary/aromatic N) is 4. The van der Waals surface area contributed by atoms with Crippen molar-refractivity contribution in [3.05, 3.63) is 46.1 Å². The van der Waals surface area contributed by atoms with Crippen molar-refractivity contribution in [2.75, 3.05) is 17.2 Å². The van der Waals surface area contributed by atoms with Gasteiger partial charge in [0.1, 0.15) is 17.2 Å². The van der Waals surface area contributed by atoms with E-state index in [1.54, 1.807) is 23.7 Å². The number of carbonyl (C=O) groups excluding carboxylic acids is 2. The normalized spacial score (nSPS) is 15.6. The number of amides is 2. The fourth-order valence-corrected chi connectivity index (χ4v) is 4.71. The molecule has 0 radical (unpaired) electrons. The predicted octanol–water partition coefficient (Wildman–Crippen LogP) is 3.98. The summed E-state index contributed by atoms with van der Waals surface area (Å²) >= 11 is 1.20. The molecule has 4 rings (SSSR count). The quantitative estimate of drug-likeness (QED) is 0.505. The van der Waals surface area contributed by atoms with Gasteiger partial charge >= 0.3 is 0 Å². The Kier molecular flexibility index (Phi) is 6.37. The Bertz CT molecular complexity index is 1200. The molecule has 3 heterocycles. The van der Waals surface area contributed by atoms with Gasteiger partial charge in [0.2, 0.25) is 5.91 Å². The van der Waals surface area contributed by atoms with Crippen LogP contribution in [-0.2, 0) is 11.3 Å². The van der Waals surface area contributed by atoms with Crippen molar-refractivity contribution in [2.45, 2.75) is 53.1 Å². The van der Waals surface area contributed by atoms with Crippen molar-refractivity contribution >= 4 is 39.8 Å². The molecule has 1 saturated heterocycles. The number of aromatic hydroxyl groups is 1. The summed E-state index contributed by atoms with van der Waals surface area (Å²) in [6.07, 6.45) is 5.42. The van der Waals surface area contributed by atoms with Crippen molar-refractivity contribution < 1.29 is 14.7 Å². The Labute approximate surface area is 196 Å². The van der Waals surface area contributed by atoms with Crippen LogP contribution in [0.1, 0.15) is 46.1 Å². The van der Waals surface area contributed by atoms with E-state index >= 15 is 0 Å². The lowest BCUT2D eigenvalue weighted by atomic mass is 10.1. The van der Waals surface area contributed by atoms with Crippen LogP contribution in [0.2, 0.25) is 0 Å². The summed E-state index contributed by atoms with van der Waals surface area (Å²) in [7, 11) is 0. The van der Waals surface area contributed by atoms with E-state index in [1.807, 2.05) is 24.9 Å². The summed E-state index contributed by atoms with van der Waals surface area (Å²) in [4.78, 5) is 31.9. The second kappa shape index (κ2) is 9.22. The van der Waals surface area contributed by atoms with E-state index in [2.05, 4.69) is 27.6 Å². The molecule has 1 unspecified atom stereocenters. The highest BCUT2D eigenvalue weighted by molar-refractivity contribution is 7.17. The maximum atomic E-state index is 12.7. The van der Waals surface area contributed by atoms with Gasteiger partial charge in [0.15, 0.2) is 10.9 Å². The van der Waals surface area contributed by atoms with Gasteiger partial charge in [-0.3, -0.25) is 14.3 Å². The van der Waals surface area contributed by atoms with Gasteiger partial charge < -0.3 is 20.6 Å².